The molecule has 2 aromatic heterocycles. The summed E-state index contributed by atoms with van der Waals surface area (Å²) in [6, 6.07) is 9.12. The number of hydrogen-bond acceptors (Lipinski definition) is 5. The van der Waals surface area contributed by atoms with Gasteiger partial charge < -0.3 is 10.6 Å². The average molecular weight is 298 g/mol. The molecule has 0 atom stereocenters. The lowest BCUT2D eigenvalue weighted by Gasteiger charge is -2.07. The molecule has 2 heterocycles. The molecule has 3 aromatic rings. The van der Waals surface area contributed by atoms with Crippen LogP contribution in [0.25, 0.3) is 10.2 Å². The highest BCUT2D eigenvalue weighted by atomic mass is 32.1. The van der Waals surface area contributed by atoms with Gasteiger partial charge in [0.05, 0.1) is 15.7 Å². The van der Waals surface area contributed by atoms with Gasteiger partial charge in [0.25, 0.3) is 5.91 Å². The first-order valence-electron chi connectivity index (χ1n) is 6.61. The summed E-state index contributed by atoms with van der Waals surface area (Å²) in [6.45, 7) is 2.75. The van der Waals surface area contributed by atoms with Crippen LogP contribution in [0, 0.1) is 0 Å². The van der Waals surface area contributed by atoms with Crippen LogP contribution in [0.15, 0.2) is 42.0 Å². The fourth-order valence-corrected chi connectivity index (χ4v) is 2.70. The second-order valence-electron chi connectivity index (χ2n) is 4.45. The Morgan fingerprint density at radius 3 is 3.00 bits per heavy atom. The van der Waals surface area contributed by atoms with Crippen molar-refractivity contribution < 1.29 is 4.79 Å². The van der Waals surface area contributed by atoms with Crippen molar-refractivity contribution >= 4 is 39.0 Å². The Morgan fingerprint density at radius 1 is 1.24 bits per heavy atom. The third-order valence-corrected chi connectivity index (χ3v) is 3.76. The summed E-state index contributed by atoms with van der Waals surface area (Å²) in [7, 11) is 0. The lowest BCUT2D eigenvalue weighted by molar-refractivity contribution is 0.102. The fourth-order valence-electron chi connectivity index (χ4n) is 1.99. The molecule has 6 heteroatoms. The number of hydrogen-bond donors (Lipinski definition) is 2. The second-order valence-corrected chi connectivity index (χ2v) is 5.34. The van der Waals surface area contributed by atoms with Gasteiger partial charge in [-0.3, -0.25) is 4.79 Å². The topological polar surface area (TPSA) is 66.9 Å². The normalized spacial score (nSPS) is 10.5. The minimum Gasteiger partial charge on any atom is -0.370 e. The number of carbonyl (C=O) groups excluding carboxylic acids is 1. The zero-order chi connectivity index (χ0) is 14.7. The number of pyridine rings is 1. The van der Waals surface area contributed by atoms with E-state index in [2.05, 4.69) is 20.6 Å². The number of nitrogens with zero attached hydrogens (tertiary/aromatic N) is 2. The number of anilines is 2. The Kier molecular flexibility index (Phi) is 3.79. The minimum atomic E-state index is -0.152. The zero-order valence-corrected chi connectivity index (χ0v) is 12.3. The molecule has 5 nitrogen and oxygen atoms in total. The van der Waals surface area contributed by atoms with Gasteiger partial charge in [-0.25, -0.2) is 9.97 Å². The van der Waals surface area contributed by atoms with E-state index in [0.29, 0.717) is 11.4 Å². The number of aromatic nitrogens is 2. The third-order valence-electron chi connectivity index (χ3n) is 2.97. The molecule has 0 saturated carbocycles. The van der Waals surface area contributed by atoms with E-state index in [1.807, 2.05) is 25.1 Å². The Balaban J connectivity index is 1.80. The molecular weight excluding hydrogens is 284 g/mol. The largest absolute Gasteiger partial charge is 0.370 e. The Bertz CT molecular complexity index is 784. The van der Waals surface area contributed by atoms with Crippen LogP contribution in [0.1, 0.15) is 17.3 Å². The maximum atomic E-state index is 12.3. The molecule has 0 unspecified atom stereocenters. The SMILES string of the molecule is CCNc1cc(C(=O)Nc2ccc3ncsc3c2)ccn1. The Morgan fingerprint density at radius 2 is 2.14 bits per heavy atom. The first-order valence-corrected chi connectivity index (χ1v) is 7.49. The predicted octanol–water partition coefficient (Wildman–Crippen LogP) is 3.38. The van der Waals surface area contributed by atoms with Crippen LogP contribution < -0.4 is 10.6 Å². The van der Waals surface area contributed by atoms with Gasteiger partial charge in [-0.05, 0) is 37.3 Å². The molecule has 3 rings (SSSR count). The number of rotatable bonds is 4. The van der Waals surface area contributed by atoms with Gasteiger partial charge in [0.2, 0.25) is 0 Å². The monoisotopic (exact) mass is 298 g/mol. The molecule has 1 amide bonds. The van der Waals surface area contributed by atoms with Gasteiger partial charge in [-0.2, -0.15) is 0 Å². The van der Waals surface area contributed by atoms with E-state index in [1.165, 1.54) is 0 Å². The summed E-state index contributed by atoms with van der Waals surface area (Å²) < 4.78 is 1.05. The number of carbonyl (C=O) groups is 1. The van der Waals surface area contributed by atoms with E-state index in [4.69, 9.17) is 0 Å². The summed E-state index contributed by atoms with van der Waals surface area (Å²) in [6.07, 6.45) is 1.62. The summed E-state index contributed by atoms with van der Waals surface area (Å²) >= 11 is 1.55. The van der Waals surface area contributed by atoms with Gasteiger partial charge in [-0.15, -0.1) is 11.3 Å². The molecule has 2 N–H and O–H groups in total. The molecule has 106 valence electrons. The zero-order valence-electron chi connectivity index (χ0n) is 11.5. The summed E-state index contributed by atoms with van der Waals surface area (Å²) in [5.74, 6) is 0.545. The first kappa shape index (κ1) is 13.5. The standard InChI is InChI=1S/C15H14N4OS/c1-2-16-14-7-10(5-6-17-14)15(20)19-11-3-4-12-13(8-11)21-9-18-12/h3-9H,2H2,1H3,(H,16,17)(H,19,20). The Hall–Kier alpha value is -2.47. The minimum absolute atomic E-state index is 0.152. The van der Waals surface area contributed by atoms with Gasteiger partial charge in [0, 0.05) is 24.0 Å². The van der Waals surface area contributed by atoms with Crippen molar-refractivity contribution in [1.29, 1.82) is 0 Å². The highest BCUT2D eigenvalue weighted by Gasteiger charge is 2.08. The molecule has 1 aromatic carbocycles. The van der Waals surface area contributed by atoms with Crippen LogP contribution in [-0.4, -0.2) is 22.4 Å². The first-order chi connectivity index (χ1) is 10.3. The maximum absolute atomic E-state index is 12.3. The number of benzene rings is 1. The predicted molar refractivity (Wildman–Crippen MR) is 86.0 cm³/mol. The van der Waals surface area contributed by atoms with Crippen molar-refractivity contribution in [2.24, 2.45) is 0 Å². The van der Waals surface area contributed by atoms with Crippen molar-refractivity contribution in [2.45, 2.75) is 6.92 Å². The molecule has 0 fully saturated rings. The maximum Gasteiger partial charge on any atom is 0.255 e. The van der Waals surface area contributed by atoms with E-state index >= 15 is 0 Å². The van der Waals surface area contributed by atoms with Gasteiger partial charge >= 0.3 is 0 Å². The van der Waals surface area contributed by atoms with Crippen LogP contribution in [0.3, 0.4) is 0 Å². The van der Waals surface area contributed by atoms with Crippen LogP contribution in [-0.2, 0) is 0 Å². The van der Waals surface area contributed by atoms with Crippen molar-refractivity contribution in [1.82, 2.24) is 9.97 Å². The average Bonchev–Trinajstić information content (AvgIpc) is 2.95. The third kappa shape index (κ3) is 3.00. The molecule has 0 saturated heterocycles. The summed E-state index contributed by atoms with van der Waals surface area (Å²) in [4.78, 5) is 20.6. The number of amides is 1. The van der Waals surface area contributed by atoms with Gasteiger partial charge in [0.1, 0.15) is 5.82 Å². The summed E-state index contributed by atoms with van der Waals surface area (Å²) in [5.41, 5.74) is 4.07. The van der Waals surface area contributed by atoms with E-state index in [-0.39, 0.29) is 5.91 Å². The lowest BCUT2D eigenvalue weighted by Crippen LogP contribution is -2.12. The van der Waals surface area contributed by atoms with E-state index in [1.54, 1.807) is 35.2 Å². The smallest absolute Gasteiger partial charge is 0.255 e. The highest BCUT2D eigenvalue weighted by Crippen LogP contribution is 2.22. The summed E-state index contributed by atoms with van der Waals surface area (Å²) in [5, 5.41) is 5.98. The fraction of sp³-hybridized carbons (Fsp3) is 0.133. The molecule has 0 bridgehead atoms. The molecule has 0 aliphatic rings. The van der Waals surface area contributed by atoms with E-state index in [9.17, 15) is 4.79 Å². The molecule has 0 aliphatic heterocycles. The Labute approximate surface area is 126 Å². The highest BCUT2D eigenvalue weighted by molar-refractivity contribution is 7.16. The van der Waals surface area contributed by atoms with Gasteiger partial charge in [0.15, 0.2) is 0 Å². The lowest BCUT2D eigenvalue weighted by atomic mass is 10.2. The molecule has 21 heavy (non-hydrogen) atoms. The van der Waals surface area contributed by atoms with E-state index < -0.39 is 0 Å². The molecule has 0 aliphatic carbocycles. The number of fused-ring (bicyclic) bond motifs is 1. The second kappa shape index (κ2) is 5.88. The van der Waals surface area contributed by atoms with E-state index in [0.717, 1.165) is 22.4 Å². The van der Waals surface area contributed by atoms with Crippen LogP contribution >= 0.6 is 11.3 Å². The number of thiazole rings is 1. The quantitative estimate of drug-likeness (QED) is 0.775. The van der Waals surface area contributed by atoms with Gasteiger partial charge in [-0.1, -0.05) is 0 Å². The van der Waals surface area contributed by atoms with Crippen molar-refractivity contribution in [3.05, 3.63) is 47.6 Å². The van der Waals surface area contributed by atoms with Crippen LogP contribution in [0.2, 0.25) is 0 Å². The van der Waals surface area contributed by atoms with Crippen molar-refractivity contribution in [2.75, 3.05) is 17.2 Å². The number of nitrogens with one attached hydrogen (secondary N) is 2. The van der Waals surface area contributed by atoms with Crippen LogP contribution in [0.4, 0.5) is 11.5 Å². The molecule has 0 radical (unpaired) electrons. The van der Waals surface area contributed by atoms with Crippen LogP contribution in [0.5, 0.6) is 0 Å². The van der Waals surface area contributed by atoms with Crippen molar-refractivity contribution in [3.63, 3.8) is 0 Å². The molecule has 0 spiro atoms. The van der Waals surface area contributed by atoms with Crippen molar-refractivity contribution in [3.8, 4) is 0 Å². The molecular formula is C15H14N4OS.